The molecule has 1 aromatic rings. The Morgan fingerprint density at radius 2 is 1.47 bits per heavy atom. The minimum Gasteiger partial charge on any atom is -0.323 e. The number of hydrogen-bond donors (Lipinski definition) is 1. The van der Waals surface area contributed by atoms with Crippen molar-refractivity contribution < 1.29 is 30.7 Å². The molecule has 0 radical (unpaired) electrons. The van der Waals surface area contributed by atoms with Crippen LogP contribution in [0, 0.1) is 18.7 Å². The van der Waals surface area contributed by atoms with E-state index in [-0.39, 0.29) is 5.56 Å². The van der Waals surface area contributed by atoms with Crippen molar-refractivity contribution in [1.82, 2.24) is 0 Å². The Morgan fingerprint density at radius 3 is 1.89 bits per heavy atom. The second kappa shape index (κ2) is 4.99. The lowest BCUT2D eigenvalue weighted by Crippen LogP contribution is -2.44. The van der Waals surface area contributed by atoms with Crippen molar-refractivity contribution in [1.29, 1.82) is 0 Å². The van der Waals surface area contributed by atoms with E-state index in [1.165, 1.54) is 6.92 Å². The molecule has 0 bridgehead atoms. The summed E-state index contributed by atoms with van der Waals surface area (Å²) in [4.78, 5) is 0. The maximum Gasteiger partial charge on any atom is 0.402 e. The molecule has 0 fully saturated rings. The van der Waals surface area contributed by atoms with Crippen molar-refractivity contribution in [3.8, 4) is 0 Å². The zero-order valence-corrected chi connectivity index (χ0v) is 9.61. The molecular weight excluding hydrogens is 279 g/mol. The summed E-state index contributed by atoms with van der Waals surface area (Å²) in [5.74, 6) is -4.68. The summed E-state index contributed by atoms with van der Waals surface area (Å²) >= 11 is 0. The van der Waals surface area contributed by atoms with Crippen LogP contribution in [0.4, 0.5) is 30.7 Å². The average molecular weight is 289 g/mol. The summed E-state index contributed by atoms with van der Waals surface area (Å²) in [6.45, 7) is 1.26. The van der Waals surface area contributed by atoms with Gasteiger partial charge in [0.2, 0.25) is 0 Å². The highest BCUT2D eigenvalue weighted by Gasteiger charge is 2.59. The van der Waals surface area contributed by atoms with E-state index >= 15 is 0 Å². The smallest absolute Gasteiger partial charge is 0.323 e. The van der Waals surface area contributed by atoms with Gasteiger partial charge in [0.05, 0.1) is 6.04 Å². The third kappa shape index (κ3) is 3.59. The number of aryl methyl sites for hydroxylation is 1. The standard InChI is InChI=1S/C11H10F7N/c1-5-2-3-6(12)4-7(5)8(19)9(10(13,14)15)11(16,17)18/h2-4,8-9H,19H2,1H3. The normalized spacial score (nSPS) is 14.8. The molecule has 0 aliphatic rings. The van der Waals surface area contributed by atoms with Crippen LogP contribution in [-0.2, 0) is 0 Å². The van der Waals surface area contributed by atoms with Gasteiger partial charge in [-0.05, 0) is 30.2 Å². The molecule has 1 atom stereocenters. The Morgan fingerprint density at radius 1 is 1.00 bits per heavy atom. The number of benzene rings is 1. The van der Waals surface area contributed by atoms with Gasteiger partial charge in [0, 0.05) is 0 Å². The summed E-state index contributed by atoms with van der Waals surface area (Å²) in [6, 6.07) is 0.191. The number of nitrogens with two attached hydrogens (primary N) is 1. The minimum absolute atomic E-state index is 0.0624. The van der Waals surface area contributed by atoms with E-state index in [1.54, 1.807) is 0 Å². The molecule has 0 spiro atoms. The van der Waals surface area contributed by atoms with Crippen LogP contribution in [0.2, 0.25) is 0 Å². The predicted molar refractivity (Wildman–Crippen MR) is 53.7 cm³/mol. The largest absolute Gasteiger partial charge is 0.402 e. The molecular formula is C11H10F7N. The van der Waals surface area contributed by atoms with E-state index in [2.05, 4.69) is 0 Å². The molecule has 0 saturated carbocycles. The third-order valence-corrected chi connectivity index (χ3v) is 2.66. The first-order valence-corrected chi connectivity index (χ1v) is 5.09. The van der Waals surface area contributed by atoms with Crippen molar-refractivity contribution >= 4 is 0 Å². The molecule has 0 heterocycles. The SMILES string of the molecule is Cc1ccc(F)cc1C(N)C(C(F)(F)F)C(F)(F)F. The first-order valence-electron chi connectivity index (χ1n) is 5.09. The highest BCUT2D eigenvalue weighted by Crippen LogP contribution is 2.45. The van der Waals surface area contributed by atoms with Gasteiger partial charge in [-0.25, -0.2) is 4.39 Å². The maximum atomic E-state index is 12.9. The predicted octanol–water partition coefficient (Wildman–Crippen LogP) is 3.87. The first-order chi connectivity index (χ1) is 8.44. The number of hydrogen-bond acceptors (Lipinski definition) is 1. The maximum absolute atomic E-state index is 12.9. The Kier molecular flexibility index (Phi) is 4.14. The van der Waals surface area contributed by atoms with Gasteiger partial charge in [0.15, 0.2) is 5.92 Å². The Balaban J connectivity index is 3.28. The molecule has 1 aromatic carbocycles. The molecule has 2 N–H and O–H groups in total. The van der Waals surface area contributed by atoms with Gasteiger partial charge < -0.3 is 5.73 Å². The molecule has 108 valence electrons. The molecule has 0 aliphatic heterocycles. The highest BCUT2D eigenvalue weighted by molar-refractivity contribution is 5.30. The Labute approximate surface area is 104 Å². The lowest BCUT2D eigenvalue weighted by atomic mass is 9.90. The molecule has 8 heteroatoms. The zero-order valence-electron chi connectivity index (χ0n) is 9.61. The van der Waals surface area contributed by atoms with Gasteiger partial charge in [-0.3, -0.25) is 0 Å². The lowest BCUT2D eigenvalue weighted by molar-refractivity contribution is -0.290. The van der Waals surface area contributed by atoms with E-state index in [0.717, 1.165) is 12.1 Å². The molecule has 0 saturated heterocycles. The van der Waals surface area contributed by atoms with Crippen LogP contribution in [0.5, 0.6) is 0 Å². The second-order valence-corrected chi connectivity index (χ2v) is 4.09. The fraction of sp³-hybridized carbons (Fsp3) is 0.455. The monoisotopic (exact) mass is 289 g/mol. The van der Waals surface area contributed by atoms with Crippen LogP contribution < -0.4 is 5.73 Å². The van der Waals surface area contributed by atoms with Gasteiger partial charge >= 0.3 is 12.4 Å². The van der Waals surface area contributed by atoms with Crippen LogP contribution in [0.3, 0.4) is 0 Å². The summed E-state index contributed by atoms with van der Waals surface area (Å²) in [5, 5.41) is 0. The van der Waals surface area contributed by atoms with Crippen molar-refractivity contribution in [2.75, 3.05) is 0 Å². The molecule has 1 rings (SSSR count). The van der Waals surface area contributed by atoms with Crippen molar-refractivity contribution in [2.24, 2.45) is 11.7 Å². The average Bonchev–Trinajstić information content (AvgIpc) is 2.17. The molecule has 0 aromatic heterocycles. The van der Waals surface area contributed by atoms with Gasteiger partial charge in [0.25, 0.3) is 0 Å². The van der Waals surface area contributed by atoms with Crippen LogP contribution in [0.1, 0.15) is 17.2 Å². The van der Waals surface area contributed by atoms with Crippen molar-refractivity contribution in [3.63, 3.8) is 0 Å². The van der Waals surface area contributed by atoms with E-state index in [4.69, 9.17) is 5.73 Å². The summed E-state index contributed by atoms with van der Waals surface area (Å²) in [7, 11) is 0. The van der Waals surface area contributed by atoms with Gasteiger partial charge in [-0.15, -0.1) is 0 Å². The molecule has 0 amide bonds. The minimum atomic E-state index is -5.56. The van der Waals surface area contributed by atoms with E-state index in [1.807, 2.05) is 0 Å². The fourth-order valence-electron chi connectivity index (χ4n) is 1.74. The second-order valence-electron chi connectivity index (χ2n) is 4.09. The van der Waals surface area contributed by atoms with E-state index < -0.39 is 35.7 Å². The van der Waals surface area contributed by atoms with Crippen LogP contribution in [-0.4, -0.2) is 12.4 Å². The third-order valence-electron chi connectivity index (χ3n) is 2.66. The molecule has 1 unspecified atom stereocenters. The van der Waals surface area contributed by atoms with Crippen LogP contribution >= 0.6 is 0 Å². The first kappa shape index (κ1) is 15.7. The van der Waals surface area contributed by atoms with Gasteiger partial charge in [-0.2, -0.15) is 26.3 Å². The zero-order chi connectivity index (χ0) is 15.0. The summed E-state index contributed by atoms with van der Waals surface area (Å²) < 4.78 is 87.9. The highest BCUT2D eigenvalue weighted by atomic mass is 19.4. The quantitative estimate of drug-likeness (QED) is 0.822. The van der Waals surface area contributed by atoms with E-state index in [9.17, 15) is 30.7 Å². The van der Waals surface area contributed by atoms with Gasteiger partial charge in [-0.1, -0.05) is 6.07 Å². The Hall–Kier alpha value is -1.31. The number of alkyl halides is 6. The topological polar surface area (TPSA) is 26.0 Å². The fourth-order valence-corrected chi connectivity index (χ4v) is 1.74. The number of rotatable bonds is 2. The molecule has 0 aliphatic carbocycles. The summed E-state index contributed by atoms with van der Waals surface area (Å²) in [6.07, 6.45) is -11.1. The van der Waals surface area contributed by atoms with Crippen molar-refractivity contribution in [2.45, 2.75) is 25.3 Å². The number of halogens is 7. The van der Waals surface area contributed by atoms with E-state index in [0.29, 0.717) is 6.07 Å². The molecule has 19 heavy (non-hydrogen) atoms. The Bertz CT molecular complexity index is 435. The summed E-state index contributed by atoms with van der Waals surface area (Å²) in [5.41, 5.74) is 4.62. The van der Waals surface area contributed by atoms with Crippen molar-refractivity contribution in [3.05, 3.63) is 35.1 Å². The van der Waals surface area contributed by atoms with Gasteiger partial charge in [0.1, 0.15) is 5.82 Å². The van der Waals surface area contributed by atoms with Crippen LogP contribution in [0.25, 0.3) is 0 Å². The molecule has 1 nitrogen and oxygen atoms in total. The van der Waals surface area contributed by atoms with Crippen LogP contribution in [0.15, 0.2) is 18.2 Å². The lowest BCUT2D eigenvalue weighted by Gasteiger charge is -2.29.